The van der Waals surface area contributed by atoms with E-state index in [-0.39, 0.29) is 0 Å². The Bertz CT molecular complexity index is 678. The molecular weight excluding hydrogens is 312 g/mol. The Morgan fingerprint density at radius 3 is 1.62 bits per heavy atom. The molecule has 8 aliphatic carbocycles. The van der Waals surface area contributed by atoms with Crippen molar-refractivity contribution in [2.24, 2.45) is 40.4 Å². The van der Waals surface area contributed by atoms with E-state index in [2.05, 4.69) is 30.3 Å². The van der Waals surface area contributed by atoms with Crippen LogP contribution >= 0.6 is 0 Å². The molecule has 8 saturated carbocycles. The monoisotopic (exact) mass is 346 g/mol. The first-order valence-corrected chi connectivity index (χ1v) is 11.7. The third kappa shape index (κ3) is 1.83. The average molecular weight is 347 g/mol. The zero-order valence-electron chi connectivity index (χ0n) is 16.3. The molecule has 0 nitrogen and oxygen atoms in total. The Morgan fingerprint density at radius 1 is 0.538 bits per heavy atom. The van der Waals surface area contributed by atoms with Gasteiger partial charge in [0, 0.05) is 0 Å². The molecule has 8 bridgehead atoms. The van der Waals surface area contributed by atoms with Gasteiger partial charge in [0.2, 0.25) is 0 Å². The lowest BCUT2D eigenvalue weighted by Gasteiger charge is -2.72. The van der Waals surface area contributed by atoms with Gasteiger partial charge in [-0.25, -0.2) is 0 Å². The molecule has 0 aromatic heterocycles. The summed E-state index contributed by atoms with van der Waals surface area (Å²) in [4.78, 5) is 0. The van der Waals surface area contributed by atoms with Crippen LogP contribution in [0.1, 0.15) is 82.6 Å². The highest BCUT2D eigenvalue weighted by Crippen LogP contribution is 2.76. The molecule has 8 aliphatic rings. The van der Waals surface area contributed by atoms with Gasteiger partial charge in [-0.3, -0.25) is 0 Å². The summed E-state index contributed by atoms with van der Waals surface area (Å²) in [6.07, 6.45) is 19.1. The van der Waals surface area contributed by atoms with Crippen molar-refractivity contribution in [1.82, 2.24) is 0 Å². The van der Waals surface area contributed by atoms with Crippen LogP contribution < -0.4 is 0 Å². The third-order valence-electron chi connectivity index (χ3n) is 10.6. The van der Waals surface area contributed by atoms with Crippen LogP contribution in [0, 0.1) is 40.4 Å². The molecule has 8 fully saturated rings. The number of benzene rings is 1. The molecule has 1 aromatic rings. The quantitative estimate of drug-likeness (QED) is 0.556. The average Bonchev–Trinajstić information content (AvgIpc) is 2.60. The smallest absolute Gasteiger partial charge is 0.00362 e. The van der Waals surface area contributed by atoms with Gasteiger partial charge in [-0.15, -0.1) is 0 Å². The van der Waals surface area contributed by atoms with Gasteiger partial charge in [-0.2, -0.15) is 0 Å². The van der Waals surface area contributed by atoms with Crippen molar-refractivity contribution < 1.29 is 0 Å². The van der Waals surface area contributed by atoms with E-state index in [4.69, 9.17) is 0 Å². The number of rotatable bonds is 2. The molecule has 0 radical (unpaired) electrons. The molecule has 0 heterocycles. The lowest BCUT2D eigenvalue weighted by atomic mass is 9.32. The Morgan fingerprint density at radius 2 is 1.04 bits per heavy atom. The molecule has 0 aliphatic heterocycles. The van der Waals surface area contributed by atoms with Crippen molar-refractivity contribution in [3.8, 4) is 0 Å². The van der Waals surface area contributed by atoms with E-state index in [0.29, 0.717) is 5.41 Å². The summed E-state index contributed by atoms with van der Waals surface area (Å²) >= 11 is 0. The van der Waals surface area contributed by atoms with Crippen molar-refractivity contribution in [1.29, 1.82) is 0 Å². The SMILES string of the molecule is c1ccc(C23C[C@H]4C[C@@H](C2)CC(C25CC6CC(CC(C6)C2)C5)(C4)C3)cc1. The topological polar surface area (TPSA) is 0 Å². The van der Waals surface area contributed by atoms with E-state index in [1.807, 2.05) is 0 Å². The Hall–Kier alpha value is -0.780. The van der Waals surface area contributed by atoms with Crippen molar-refractivity contribution >= 4 is 0 Å². The predicted octanol–water partition coefficient (Wildman–Crippen LogP) is 6.74. The predicted molar refractivity (Wildman–Crippen MR) is 106 cm³/mol. The molecule has 0 amide bonds. The summed E-state index contributed by atoms with van der Waals surface area (Å²) in [6.45, 7) is 0. The molecule has 0 heteroatoms. The highest BCUT2D eigenvalue weighted by atomic mass is 14.7. The Labute approximate surface area is 159 Å². The standard InChI is InChI=1S/C26H34/c1-2-4-23(5-3-1)24-10-21-9-22(11-24)16-26(15-21,17-24)25-12-18-6-19(13-25)8-20(7-18)14-25/h1-5,18-22H,6-17H2/t18?,19?,20?,21-,22+,24?,25?,26?. The molecule has 0 saturated heterocycles. The van der Waals surface area contributed by atoms with Crippen LogP contribution in [0.25, 0.3) is 0 Å². The van der Waals surface area contributed by atoms with Crippen molar-refractivity contribution in [2.45, 2.75) is 82.5 Å². The fraction of sp³-hybridized carbons (Fsp3) is 0.769. The van der Waals surface area contributed by atoms with Crippen molar-refractivity contribution in [3.05, 3.63) is 35.9 Å². The number of hydrogen-bond donors (Lipinski definition) is 0. The Kier molecular flexibility index (Phi) is 2.80. The van der Waals surface area contributed by atoms with E-state index >= 15 is 0 Å². The fourth-order valence-electron chi connectivity index (χ4n) is 10.8. The van der Waals surface area contributed by atoms with Crippen molar-refractivity contribution in [3.63, 3.8) is 0 Å². The van der Waals surface area contributed by atoms with E-state index in [9.17, 15) is 0 Å². The minimum absolute atomic E-state index is 0.550. The highest BCUT2D eigenvalue weighted by molar-refractivity contribution is 5.32. The van der Waals surface area contributed by atoms with Gasteiger partial charge in [0.25, 0.3) is 0 Å². The first-order chi connectivity index (χ1) is 12.7. The zero-order chi connectivity index (χ0) is 17.0. The molecule has 0 spiro atoms. The molecule has 9 rings (SSSR count). The summed E-state index contributed by atoms with van der Waals surface area (Å²) < 4.78 is 0. The largest absolute Gasteiger partial charge is 0.0622 e. The molecule has 2 unspecified atom stereocenters. The minimum atomic E-state index is 0.550. The molecule has 138 valence electrons. The molecular formula is C26H34. The van der Waals surface area contributed by atoms with Crippen LogP contribution in [0.3, 0.4) is 0 Å². The van der Waals surface area contributed by atoms with Gasteiger partial charge in [-0.1, -0.05) is 30.3 Å². The van der Waals surface area contributed by atoms with Gasteiger partial charge >= 0.3 is 0 Å². The molecule has 4 atom stereocenters. The second-order valence-corrected chi connectivity index (χ2v) is 12.1. The van der Waals surface area contributed by atoms with E-state index in [1.165, 1.54) is 12.8 Å². The summed E-state index contributed by atoms with van der Waals surface area (Å²) in [5.74, 6) is 5.43. The van der Waals surface area contributed by atoms with Gasteiger partial charge < -0.3 is 0 Å². The van der Waals surface area contributed by atoms with Gasteiger partial charge in [0.05, 0.1) is 0 Å². The van der Waals surface area contributed by atoms with E-state index in [0.717, 1.165) is 40.4 Å². The second-order valence-electron chi connectivity index (χ2n) is 12.1. The number of hydrogen-bond acceptors (Lipinski definition) is 0. The van der Waals surface area contributed by atoms with Crippen molar-refractivity contribution in [2.75, 3.05) is 0 Å². The summed E-state index contributed by atoms with van der Waals surface area (Å²) in [5, 5.41) is 0. The highest BCUT2D eigenvalue weighted by Gasteiger charge is 2.67. The van der Waals surface area contributed by atoms with E-state index in [1.54, 1.807) is 69.8 Å². The van der Waals surface area contributed by atoms with Crippen LogP contribution in [-0.2, 0) is 5.41 Å². The molecule has 1 aromatic carbocycles. The second kappa shape index (κ2) is 4.79. The molecule has 26 heavy (non-hydrogen) atoms. The fourth-order valence-corrected chi connectivity index (χ4v) is 10.8. The van der Waals surface area contributed by atoms with Gasteiger partial charge in [0.15, 0.2) is 0 Å². The lowest BCUT2D eigenvalue weighted by Crippen LogP contribution is -2.63. The molecule has 0 N–H and O–H groups in total. The maximum atomic E-state index is 2.49. The first-order valence-electron chi connectivity index (χ1n) is 11.7. The first kappa shape index (κ1) is 15.2. The van der Waals surface area contributed by atoms with Crippen LogP contribution in [0.4, 0.5) is 0 Å². The maximum absolute atomic E-state index is 2.49. The summed E-state index contributed by atoms with van der Waals surface area (Å²) in [7, 11) is 0. The summed E-state index contributed by atoms with van der Waals surface area (Å²) in [6, 6.07) is 11.8. The van der Waals surface area contributed by atoms with Gasteiger partial charge in [0.1, 0.15) is 0 Å². The lowest BCUT2D eigenvalue weighted by molar-refractivity contribution is -0.205. The zero-order valence-corrected chi connectivity index (χ0v) is 16.3. The maximum Gasteiger partial charge on any atom is -0.00362 e. The van der Waals surface area contributed by atoms with Crippen LogP contribution in [0.5, 0.6) is 0 Å². The normalized spacial score (nSPS) is 56.2. The summed E-state index contributed by atoms with van der Waals surface area (Å²) in [5.41, 5.74) is 3.75. The van der Waals surface area contributed by atoms with Crippen LogP contribution in [0.2, 0.25) is 0 Å². The third-order valence-corrected chi connectivity index (χ3v) is 10.6. The Balaban J connectivity index is 1.34. The van der Waals surface area contributed by atoms with Crippen LogP contribution in [-0.4, -0.2) is 0 Å². The van der Waals surface area contributed by atoms with Crippen LogP contribution in [0.15, 0.2) is 30.3 Å². The minimum Gasteiger partial charge on any atom is -0.0622 e. The van der Waals surface area contributed by atoms with Gasteiger partial charge in [-0.05, 0) is 128 Å². The van der Waals surface area contributed by atoms with E-state index < -0.39 is 0 Å².